The Morgan fingerprint density at radius 2 is 2.03 bits per heavy atom. The standard InChI is InChI=1S/C22H22ClN3O3/c1-5-10-25-19-9-6-15(13(2)3)11-17(19)14(4)21(25)22(27)24-16-7-8-18(23)20(12-16)26(28)29/h5-9,11-13H,1,10H2,2-4H3,(H,24,27). The number of benzene rings is 2. The Kier molecular flexibility index (Phi) is 5.75. The summed E-state index contributed by atoms with van der Waals surface area (Å²) in [5, 5.41) is 14.9. The van der Waals surface area contributed by atoms with Crippen LogP contribution in [-0.4, -0.2) is 15.4 Å². The number of nitro benzene ring substituents is 1. The molecule has 0 unspecified atom stereocenters. The van der Waals surface area contributed by atoms with Gasteiger partial charge in [-0.15, -0.1) is 6.58 Å². The van der Waals surface area contributed by atoms with Gasteiger partial charge >= 0.3 is 0 Å². The van der Waals surface area contributed by atoms with Crippen molar-refractivity contribution in [3.63, 3.8) is 0 Å². The molecule has 3 aromatic rings. The fraction of sp³-hybridized carbons (Fsp3) is 0.227. The summed E-state index contributed by atoms with van der Waals surface area (Å²) >= 11 is 5.86. The second-order valence-corrected chi connectivity index (χ2v) is 7.59. The van der Waals surface area contributed by atoms with Crippen molar-refractivity contribution >= 4 is 39.8 Å². The molecule has 0 radical (unpaired) electrons. The predicted molar refractivity (Wildman–Crippen MR) is 117 cm³/mol. The van der Waals surface area contributed by atoms with E-state index >= 15 is 0 Å². The summed E-state index contributed by atoms with van der Waals surface area (Å²) in [5.41, 5.74) is 3.54. The number of amides is 1. The maximum atomic E-state index is 13.1. The quantitative estimate of drug-likeness (QED) is 0.303. The molecule has 0 aliphatic carbocycles. The van der Waals surface area contributed by atoms with Gasteiger partial charge in [-0.25, -0.2) is 0 Å². The zero-order valence-electron chi connectivity index (χ0n) is 16.5. The van der Waals surface area contributed by atoms with E-state index in [0.717, 1.165) is 16.5 Å². The number of carbonyl (C=O) groups excluding carboxylic acids is 1. The number of aromatic nitrogens is 1. The van der Waals surface area contributed by atoms with Crippen molar-refractivity contribution in [2.45, 2.75) is 33.2 Å². The van der Waals surface area contributed by atoms with Crippen LogP contribution in [0.5, 0.6) is 0 Å². The Balaban J connectivity index is 2.08. The largest absolute Gasteiger partial charge is 0.332 e. The molecule has 0 spiro atoms. The lowest BCUT2D eigenvalue weighted by molar-refractivity contribution is -0.384. The molecule has 0 bridgehead atoms. The summed E-state index contributed by atoms with van der Waals surface area (Å²) in [6.07, 6.45) is 1.74. The summed E-state index contributed by atoms with van der Waals surface area (Å²) < 4.78 is 1.90. The SMILES string of the molecule is C=CCn1c(C(=O)Nc2ccc(Cl)c([N+](=O)[O-])c2)c(C)c2cc(C(C)C)ccc21. The lowest BCUT2D eigenvalue weighted by Gasteiger charge is -2.10. The van der Waals surface area contributed by atoms with E-state index < -0.39 is 4.92 Å². The van der Waals surface area contributed by atoms with E-state index in [9.17, 15) is 14.9 Å². The Morgan fingerprint density at radius 3 is 2.66 bits per heavy atom. The highest BCUT2D eigenvalue weighted by Crippen LogP contribution is 2.31. The van der Waals surface area contributed by atoms with Crippen molar-refractivity contribution in [2.24, 2.45) is 0 Å². The van der Waals surface area contributed by atoms with Crippen LogP contribution < -0.4 is 5.32 Å². The fourth-order valence-electron chi connectivity index (χ4n) is 3.43. The monoisotopic (exact) mass is 411 g/mol. The van der Waals surface area contributed by atoms with Crippen molar-refractivity contribution in [3.05, 3.63) is 81.0 Å². The summed E-state index contributed by atoms with van der Waals surface area (Å²) in [6, 6.07) is 10.4. The van der Waals surface area contributed by atoms with Gasteiger partial charge in [0, 0.05) is 29.2 Å². The van der Waals surface area contributed by atoms with E-state index in [1.165, 1.54) is 17.7 Å². The molecule has 3 rings (SSSR count). The second-order valence-electron chi connectivity index (χ2n) is 7.18. The molecule has 0 saturated carbocycles. The van der Waals surface area contributed by atoms with Gasteiger partial charge in [-0.05, 0) is 48.2 Å². The Morgan fingerprint density at radius 1 is 1.31 bits per heavy atom. The predicted octanol–water partition coefficient (Wildman–Crippen LogP) is 6.07. The van der Waals surface area contributed by atoms with E-state index in [1.807, 2.05) is 17.6 Å². The normalized spacial score (nSPS) is 11.1. The number of fused-ring (bicyclic) bond motifs is 1. The zero-order valence-corrected chi connectivity index (χ0v) is 17.3. The summed E-state index contributed by atoms with van der Waals surface area (Å²) in [6.45, 7) is 10.4. The minimum atomic E-state index is -0.578. The molecule has 29 heavy (non-hydrogen) atoms. The van der Waals surface area contributed by atoms with Gasteiger partial charge in [-0.2, -0.15) is 0 Å². The molecule has 0 fully saturated rings. The number of allylic oxidation sites excluding steroid dienone is 1. The maximum absolute atomic E-state index is 13.1. The molecule has 0 aliphatic heterocycles. The topological polar surface area (TPSA) is 77.2 Å². The molecule has 7 heteroatoms. The van der Waals surface area contributed by atoms with Gasteiger partial charge in [0.1, 0.15) is 10.7 Å². The number of halogens is 1. The van der Waals surface area contributed by atoms with E-state index in [-0.39, 0.29) is 16.6 Å². The molecule has 2 aromatic carbocycles. The van der Waals surface area contributed by atoms with Gasteiger partial charge in [0.15, 0.2) is 0 Å². The number of aryl methyl sites for hydroxylation is 1. The van der Waals surface area contributed by atoms with Crippen LogP contribution in [0.1, 0.15) is 41.4 Å². The zero-order chi connectivity index (χ0) is 21.3. The highest BCUT2D eigenvalue weighted by molar-refractivity contribution is 6.32. The fourth-order valence-corrected chi connectivity index (χ4v) is 3.62. The molecule has 1 amide bonds. The van der Waals surface area contributed by atoms with Crippen LogP contribution in [0, 0.1) is 17.0 Å². The van der Waals surface area contributed by atoms with Crippen molar-refractivity contribution in [1.82, 2.24) is 4.57 Å². The number of nitrogens with zero attached hydrogens (tertiary/aromatic N) is 2. The van der Waals surface area contributed by atoms with Gasteiger partial charge in [-0.1, -0.05) is 37.6 Å². The average Bonchev–Trinajstić information content (AvgIpc) is 2.95. The Bertz CT molecular complexity index is 1130. The number of hydrogen-bond acceptors (Lipinski definition) is 3. The summed E-state index contributed by atoms with van der Waals surface area (Å²) in [4.78, 5) is 23.7. The number of nitrogens with one attached hydrogen (secondary N) is 1. The molecule has 1 heterocycles. The van der Waals surface area contributed by atoms with E-state index in [2.05, 4.69) is 37.9 Å². The Labute approximate surface area is 173 Å². The third-order valence-corrected chi connectivity index (χ3v) is 5.25. The highest BCUT2D eigenvalue weighted by Gasteiger charge is 2.21. The first kappa shape index (κ1) is 20.6. The second kappa shape index (κ2) is 8.09. The number of rotatable bonds is 6. The van der Waals surface area contributed by atoms with Gasteiger partial charge in [-0.3, -0.25) is 14.9 Å². The van der Waals surface area contributed by atoms with Gasteiger partial charge < -0.3 is 9.88 Å². The molecule has 0 atom stereocenters. The first-order valence-corrected chi connectivity index (χ1v) is 9.61. The molecular weight excluding hydrogens is 390 g/mol. The van der Waals surface area contributed by atoms with Crippen LogP contribution in [0.15, 0.2) is 49.1 Å². The minimum absolute atomic E-state index is 0.0196. The summed E-state index contributed by atoms with van der Waals surface area (Å²) in [5.74, 6) is 0.0247. The smallest absolute Gasteiger partial charge is 0.289 e. The lowest BCUT2D eigenvalue weighted by atomic mass is 10.0. The number of nitro groups is 1. The van der Waals surface area contributed by atoms with Crippen molar-refractivity contribution in [3.8, 4) is 0 Å². The number of carbonyl (C=O) groups is 1. The number of anilines is 1. The van der Waals surface area contributed by atoms with Crippen molar-refractivity contribution in [2.75, 3.05) is 5.32 Å². The molecule has 1 N–H and O–H groups in total. The lowest BCUT2D eigenvalue weighted by Crippen LogP contribution is -2.18. The van der Waals surface area contributed by atoms with Crippen molar-refractivity contribution < 1.29 is 9.72 Å². The third kappa shape index (κ3) is 3.89. The van der Waals surface area contributed by atoms with Crippen LogP contribution in [0.3, 0.4) is 0 Å². The molecule has 1 aromatic heterocycles. The van der Waals surface area contributed by atoms with Crippen LogP contribution >= 0.6 is 11.6 Å². The first-order chi connectivity index (χ1) is 13.7. The average molecular weight is 412 g/mol. The molecule has 0 saturated heterocycles. The van der Waals surface area contributed by atoms with Gasteiger partial charge in [0.2, 0.25) is 0 Å². The third-order valence-electron chi connectivity index (χ3n) is 4.93. The molecule has 6 nitrogen and oxygen atoms in total. The number of hydrogen-bond donors (Lipinski definition) is 1. The maximum Gasteiger partial charge on any atom is 0.289 e. The van der Waals surface area contributed by atoms with Crippen LogP contribution in [0.25, 0.3) is 10.9 Å². The molecular formula is C22H22ClN3O3. The first-order valence-electron chi connectivity index (χ1n) is 9.23. The van der Waals surface area contributed by atoms with E-state index in [4.69, 9.17) is 11.6 Å². The minimum Gasteiger partial charge on any atom is -0.332 e. The van der Waals surface area contributed by atoms with Crippen LogP contribution in [-0.2, 0) is 6.54 Å². The summed E-state index contributed by atoms with van der Waals surface area (Å²) in [7, 11) is 0. The molecule has 150 valence electrons. The van der Waals surface area contributed by atoms with Gasteiger partial charge in [0.05, 0.1) is 4.92 Å². The van der Waals surface area contributed by atoms with E-state index in [1.54, 1.807) is 12.1 Å². The highest BCUT2D eigenvalue weighted by atomic mass is 35.5. The Hall–Kier alpha value is -3.12. The van der Waals surface area contributed by atoms with Gasteiger partial charge in [0.25, 0.3) is 11.6 Å². The van der Waals surface area contributed by atoms with Crippen molar-refractivity contribution in [1.29, 1.82) is 0 Å². The van der Waals surface area contributed by atoms with E-state index in [0.29, 0.717) is 23.8 Å². The molecule has 0 aliphatic rings. The van der Waals surface area contributed by atoms with Crippen LogP contribution in [0.2, 0.25) is 5.02 Å². The van der Waals surface area contributed by atoms with Crippen LogP contribution in [0.4, 0.5) is 11.4 Å².